The highest BCUT2D eigenvalue weighted by Crippen LogP contribution is 2.25. The maximum atomic E-state index is 13.4. The van der Waals surface area contributed by atoms with Gasteiger partial charge in [0, 0.05) is 6.20 Å². The van der Waals surface area contributed by atoms with Crippen molar-refractivity contribution in [2.45, 2.75) is 39.5 Å². The van der Waals surface area contributed by atoms with Crippen LogP contribution in [0.3, 0.4) is 0 Å². The number of halogens is 1. The van der Waals surface area contributed by atoms with Gasteiger partial charge in [-0.25, -0.2) is 4.39 Å². The molecule has 0 spiro atoms. The predicted octanol–water partition coefficient (Wildman–Crippen LogP) is 4.23. The third kappa shape index (κ3) is 3.82. The lowest BCUT2D eigenvalue weighted by molar-refractivity contribution is 0.562. The number of rotatable bonds is 3. The Bertz CT molecular complexity index is 276. The first-order chi connectivity index (χ1) is 7.16. The maximum absolute atomic E-state index is 13.4. The lowest BCUT2D eigenvalue weighted by Gasteiger charge is -2.13. The molecule has 0 saturated carbocycles. The Morgan fingerprint density at radius 2 is 2.00 bits per heavy atom. The van der Waals surface area contributed by atoms with Gasteiger partial charge >= 0.3 is 0 Å². The molecule has 0 aliphatic heterocycles. The maximum Gasteiger partial charge on any atom is 0.145 e. The molecule has 0 fully saturated rings. The number of nitrogens with zero attached hydrogens (tertiary/aromatic N) is 1. The number of hydrogen-bond acceptors (Lipinski definition) is 1. The SMILES string of the molecule is C=C.CCCC(C)c1c(C)cncc1F. The molecule has 1 nitrogen and oxygen atoms in total. The van der Waals surface area contributed by atoms with Gasteiger partial charge in [-0.1, -0.05) is 20.3 Å². The lowest BCUT2D eigenvalue weighted by Crippen LogP contribution is -2.01. The van der Waals surface area contributed by atoms with Gasteiger partial charge in [0.15, 0.2) is 0 Å². The van der Waals surface area contributed by atoms with Crippen LogP contribution in [0.15, 0.2) is 25.6 Å². The molecule has 1 heterocycles. The van der Waals surface area contributed by atoms with Gasteiger partial charge in [0.2, 0.25) is 0 Å². The highest BCUT2D eigenvalue weighted by Gasteiger charge is 2.12. The Kier molecular flexibility index (Phi) is 6.59. The van der Waals surface area contributed by atoms with Gasteiger partial charge in [0.25, 0.3) is 0 Å². The Hall–Kier alpha value is -1.18. The molecule has 1 rings (SSSR count). The van der Waals surface area contributed by atoms with Crippen LogP contribution in [0.1, 0.15) is 43.7 Å². The van der Waals surface area contributed by atoms with E-state index in [2.05, 4.69) is 32.0 Å². The Balaban J connectivity index is 0.000000921. The fraction of sp³-hybridized carbons (Fsp3) is 0.462. The molecule has 0 saturated heterocycles. The molecule has 0 bridgehead atoms. The largest absolute Gasteiger partial charge is 0.261 e. The van der Waals surface area contributed by atoms with Crippen LogP contribution in [0.5, 0.6) is 0 Å². The van der Waals surface area contributed by atoms with Crippen molar-refractivity contribution < 1.29 is 4.39 Å². The molecule has 0 amide bonds. The van der Waals surface area contributed by atoms with Crippen LogP contribution >= 0.6 is 0 Å². The van der Waals surface area contributed by atoms with E-state index in [-0.39, 0.29) is 5.82 Å². The third-order valence-electron chi connectivity index (χ3n) is 2.35. The van der Waals surface area contributed by atoms with E-state index in [4.69, 9.17) is 0 Å². The van der Waals surface area contributed by atoms with Crippen molar-refractivity contribution in [3.8, 4) is 0 Å². The molecule has 2 heteroatoms. The first-order valence-electron chi connectivity index (χ1n) is 5.26. The zero-order valence-corrected chi connectivity index (χ0v) is 9.89. The Morgan fingerprint density at radius 3 is 2.47 bits per heavy atom. The molecule has 0 aromatic carbocycles. The molecule has 1 unspecified atom stereocenters. The normalized spacial score (nSPS) is 11.5. The van der Waals surface area contributed by atoms with Crippen LogP contribution in [0.25, 0.3) is 0 Å². The van der Waals surface area contributed by atoms with E-state index in [0.29, 0.717) is 5.92 Å². The second-order valence-electron chi connectivity index (χ2n) is 3.54. The van der Waals surface area contributed by atoms with Gasteiger partial charge in [-0.05, 0) is 30.4 Å². The van der Waals surface area contributed by atoms with Gasteiger partial charge in [-0.2, -0.15) is 0 Å². The van der Waals surface area contributed by atoms with Gasteiger partial charge in [0.1, 0.15) is 5.82 Å². The van der Waals surface area contributed by atoms with E-state index in [9.17, 15) is 4.39 Å². The minimum Gasteiger partial charge on any atom is -0.261 e. The second-order valence-corrected chi connectivity index (χ2v) is 3.54. The quantitative estimate of drug-likeness (QED) is 0.679. The van der Waals surface area contributed by atoms with Crippen molar-refractivity contribution in [2.24, 2.45) is 0 Å². The first-order valence-corrected chi connectivity index (χ1v) is 5.26. The molecule has 0 aliphatic rings. The van der Waals surface area contributed by atoms with Crippen molar-refractivity contribution in [3.63, 3.8) is 0 Å². The standard InChI is InChI=1S/C11H16FN.C2H4/c1-4-5-8(2)11-9(3)6-13-7-10(11)12;1-2/h6-8H,4-5H2,1-3H3;1-2H2. The van der Waals surface area contributed by atoms with Crippen molar-refractivity contribution in [2.75, 3.05) is 0 Å². The Morgan fingerprint density at radius 1 is 1.40 bits per heavy atom. The van der Waals surface area contributed by atoms with Gasteiger partial charge in [-0.15, -0.1) is 13.2 Å². The van der Waals surface area contributed by atoms with Crippen LogP contribution in [0, 0.1) is 12.7 Å². The summed E-state index contributed by atoms with van der Waals surface area (Å²) in [6.45, 7) is 12.1. The summed E-state index contributed by atoms with van der Waals surface area (Å²) in [6.07, 6.45) is 5.14. The topological polar surface area (TPSA) is 12.9 Å². The predicted molar refractivity (Wildman–Crippen MR) is 63.5 cm³/mol. The summed E-state index contributed by atoms with van der Waals surface area (Å²) in [5.41, 5.74) is 1.79. The number of hydrogen-bond donors (Lipinski definition) is 0. The summed E-state index contributed by atoms with van der Waals surface area (Å²) in [6, 6.07) is 0. The third-order valence-corrected chi connectivity index (χ3v) is 2.35. The number of pyridine rings is 1. The minimum atomic E-state index is -0.166. The first kappa shape index (κ1) is 13.8. The van der Waals surface area contributed by atoms with Crippen molar-refractivity contribution >= 4 is 0 Å². The molecule has 1 aromatic rings. The monoisotopic (exact) mass is 209 g/mol. The number of aromatic nitrogens is 1. The van der Waals surface area contributed by atoms with E-state index < -0.39 is 0 Å². The summed E-state index contributed by atoms with van der Waals surface area (Å²) in [5.74, 6) is 0.133. The molecule has 0 N–H and O–H groups in total. The second kappa shape index (κ2) is 7.16. The van der Waals surface area contributed by atoms with Crippen molar-refractivity contribution in [1.82, 2.24) is 4.98 Å². The van der Waals surface area contributed by atoms with Gasteiger partial charge in [0.05, 0.1) is 6.20 Å². The molecule has 84 valence electrons. The summed E-state index contributed by atoms with van der Waals surface area (Å²) in [5, 5.41) is 0. The van der Waals surface area contributed by atoms with Crippen molar-refractivity contribution in [3.05, 3.63) is 42.5 Å². The zero-order chi connectivity index (χ0) is 11.8. The lowest BCUT2D eigenvalue weighted by atomic mass is 9.94. The van der Waals surface area contributed by atoms with Crippen LogP contribution in [-0.2, 0) is 0 Å². The van der Waals surface area contributed by atoms with Crippen molar-refractivity contribution in [1.29, 1.82) is 0 Å². The van der Waals surface area contributed by atoms with Gasteiger partial charge < -0.3 is 0 Å². The van der Waals surface area contributed by atoms with E-state index in [1.54, 1.807) is 6.20 Å². The van der Waals surface area contributed by atoms with Crippen LogP contribution in [0.4, 0.5) is 4.39 Å². The highest BCUT2D eigenvalue weighted by atomic mass is 19.1. The minimum absolute atomic E-state index is 0.166. The average Bonchev–Trinajstić information content (AvgIpc) is 2.21. The van der Waals surface area contributed by atoms with E-state index >= 15 is 0 Å². The molecule has 0 aliphatic carbocycles. The highest BCUT2D eigenvalue weighted by molar-refractivity contribution is 5.26. The fourth-order valence-corrected chi connectivity index (χ4v) is 1.74. The molecule has 1 atom stereocenters. The summed E-state index contributed by atoms with van der Waals surface area (Å²) < 4.78 is 13.4. The number of aryl methyl sites for hydroxylation is 1. The summed E-state index contributed by atoms with van der Waals surface area (Å²) >= 11 is 0. The molecule has 1 aromatic heterocycles. The van der Waals surface area contributed by atoms with E-state index in [0.717, 1.165) is 24.0 Å². The van der Waals surface area contributed by atoms with Crippen LogP contribution < -0.4 is 0 Å². The molecular formula is C13H20FN. The van der Waals surface area contributed by atoms with Crippen LogP contribution in [-0.4, -0.2) is 4.98 Å². The average molecular weight is 209 g/mol. The smallest absolute Gasteiger partial charge is 0.145 e. The fourth-order valence-electron chi connectivity index (χ4n) is 1.74. The molecule has 0 radical (unpaired) electrons. The molecular weight excluding hydrogens is 189 g/mol. The van der Waals surface area contributed by atoms with Crippen LogP contribution in [0.2, 0.25) is 0 Å². The molecule has 15 heavy (non-hydrogen) atoms. The summed E-state index contributed by atoms with van der Waals surface area (Å²) in [4.78, 5) is 3.81. The van der Waals surface area contributed by atoms with E-state index in [1.165, 1.54) is 6.20 Å². The summed E-state index contributed by atoms with van der Waals surface area (Å²) in [7, 11) is 0. The van der Waals surface area contributed by atoms with E-state index in [1.807, 2.05) is 6.92 Å². The van der Waals surface area contributed by atoms with Gasteiger partial charge in [-0.3, -0.25) is 4.98 Å². The Labute approximate surface area is 92.1 Å². The zero-order valence-electron chi connectivity index (χ0n) is 9.89.